The minimum atomic E-state index is -0.925. The van der Waals surface area contributed by atoms with Gasteiger partial charge in [-0.2, -0.15) is 0 Å². The monoisotopic (exact) mass is 412 g/mol. The lowest BCUT2D eigenvalue weighted by atomic mass is 9.91. The smallest absolute Gasteiger partial charge is 0.224 e. The van der Waals surface area contributed by atoms with E-state index >= 15 is 0 Å². The van der Waals surface area contributed by atoms with Crippen molar-refractivity contribution in [3.8, 4) is 5.75 Å². The Hall–Kier alpha value is -2.60. The van der Waals surface area contributed by atoms with Crippen molar-refractivity contribution in [2.24, 2.45) is 0 Å². The number of benzene rings is 2. The van der Waals surface area contributed by atoms with Gasteiger partial charge in [0.1, 0.15) is 23.8 Å². The Morgan fingerprint density at radius 2 is 1.97 bits per heavy atom. The summed E-state index contributed by atoms with van der Waals surface area (Å²) < 4.78 is 20.0. The molecule has 2 N–H and O–H groups in total. The molecule has 2 aromatic rings. The minimum Gasteiger partial charge on any atom is -0.490 e. The third kappa shape index (κ3) is 4.29. The summed E-state index contributed by atoms with van der Waals surface area (Å²) >= 11 is 0. The number of carbonyl (C=O) groups excluding carboxylic acids is 1. The van der Waals surface area contributed by atoms with Crippen molar-refractivity contribution in [3.05, 3.63) is 53.3 Å². The average molecular weight is 413 g/mol. The molecule has 0 aromatic heterocycles. The maximum absolute atomic E-state index is 14.1. The third-order valence-corrected chi connectivity index (χ3v) is 6.18. The normalized spacial score (nSPS) is 18.2. The summed E-state index contributed by atoms with van der Waals surface area (Å²) in [4.78, 5) is 13.9. The quantitative estimate of drug-likeness (QED) is 0.771. The molecule has 6 heteroatoms. The molecule has 2 aromatic carbocycles. The first-order valence-electron chi connectivity index (χ1n) is 10.7. The zero-order valence-corrected chi connectivity index (χ0v) is 17.6. The Morgan fingerprint density at radius 3 is 2.70 bits per heavy atom. The summed E-state index contributed by atoms with van der Waals surface area (Å²) in [5.41, 5.74) is 2.44. The summed E-state index contributed by atoms with van der Waals surface area (Å²) in [6.07, 6.45) is 1.94. The van der Waals surface area contributed by atoms with E-state index in [1.807, 2.05) is 0 Å². The standard InChI is InChI=1S/C24H29FN2O3/c1-16(2)17-4-3-5-18(14-17)27-12-10-24(29,11-13-27)15-30-21-8-7-20(25)23-19(21)6-9-22(28)26-23/h3-5,7-8,14,16,29H,6,9-13,15H2,1-2H3,(H,26,28). The highest BCUT2D eigenvalue weighted by atomic mass is 19.1. The summed E-state index contributed by atoms with van der Waals surface area (Å²) in [5, 5.41) is 13.6. The number of nitrogens with one attached hydrogen (secondary N) is 1. The van der Waals surface area contributed by atoms with E-state index < -0.39 is 11.4 Å². The number of aliphatic hydroxyl groups is 1. The van der Waals surface area contributed by atoms with Crippen LogP contribution in [0.15, 0.2) is 36.4 Å². The minimum absolute atomic E-state index is 0.152. The number of hydrogen-bond acceptors (Lipinski definition) is 4. The SMILES string of the molecule is CC(C)c1cccc(N2CCC(O)(COc3ccc(F)c4c3CCC(=O)N4)CC2)c1. The van der Waals surface area contributed by atoms with Gasteiger partial charge >= 0.3 is 0 Å². The molecule has 30 heavy (non-hydrogen) atoms. The Morgan fingerprint density at radius 1 is 1.20 bits per heavy atom. The first kappa shape index (κ1) is 20.7. The number of amides is 1. The van der Waals surface area contributed by atoms with Crippen LogP contribution in [0.2, 0.25) is 0 Å². The topological polar surface area (TPSA) is 61.8 Å². The Balaban J connectivity index is 1.40. The summed E-state index contributed by atoms with van der Waals surface area (Å²) in [5.74, 6) is 0.366. The van der Waals surface area contributed by atoms with E-state index in [1.54, 1.807) is 6.07 Å². The molecular formula is C24H29FN2O3. The molecule has 1 saturated heterocycles. The maximum Gasteiger partial charge on any atom is 0.224 e. The molecule has 0 unspecified atom stereocenters. The number of fused-ring (bicyclic) bond motifs is 1. The summed E-state index contributed by atoms with van der Waals surface area (Å²) in [6.45, 7) is 6.02. The number of nitrogens with zero attached hydrogens (tertiary/aromatic N) is 1. The molecule has 0 bridgehead atoms. The van der Waals surface area contributed by atoms with Crippen LogP contribution in [0.5, 0.6) is 5.75 Å². The second kappa shape index (κ2) is 8.26. The van der Waals surface area contributed by atoms with E-state index in [4.69, 9.17) is 4.74 Å². The van der Waals surface area contributed by atoms with Gasteiger partial charge in [-0.1, -0.05) is 26.0 Å². The Kier molecular flexibility index (Phi) is 5.69. The van der Waals surface area contributed by atoms with E-state index in [0.29, 0.717) is 42.9 Å². The second-order valence-electron chi connectivity index (χ2n) is 8.70. The average Bonchev–Trinajstić information content (AvgIpc) is 2.74. The van der Waals surface area contributed by atoms with Crippen LogP contribution < -0.4 is 15.0 Å². The van der Waals surface area contributed by atoms with Crippen LogP contribution in [0.4, 0.5) is 15.8 Å². The summed E-state index contributed by atoms with van der Waals surface area (Å²) in [7, 11) is 0. The van der Waals surface area contributed by atoms with Crippen molar-refractivity contribution in [2.45, 2.75) is 51.0 Å². The third-order valence-electron chi connectivity index (χ3n) is 6.18. The van der Waals surface area contributed by atoms with Gasteiger partial charge in [0.05, 0.1) is 5.69 Å². The second-order valence-corrected chi connectivity index (χ2v) is 8.70. The largest absolute Gasteiger partial charge is 0.490 e. The van der Waals surface area contributed by atoms with Gasteiger partial charge in [0.15, 0.2) is 0 Å². The number of anilines is 2. The maximum atomic E-state index is 14.1. The van der Waals surface area contributed by atoms with Gasteiger partial charge in [0.25, 0.3) is 0 Å². The van der Waals surface area contributed by atoms with Crippen molar-refractivity contribution in [1.82, 2.24) is 0 Å². The molecular weight excluding hydrogens is 383 g/mol. The first-order chi connectivity index (χ1) is 14.3. The predicted molar refractivity (Wildman–Crippen MR) is 116 cm³/mol. The highest BCUT2D eigenvalue weighted by Crippen LogP contribution is 2.35. The molecule has 0 spiro atoms. The molecule has 4 rings (SSSR count). The number of ether oxygens (including phenoxy) is 1. The van der Waals surface area contributed by atoms with Crippen LogP contribution in [0.3, 0.4) is 0 Å². The van der Waals surface area contributed by atoms with Crippen LogP contribution in [-0.4, -0.2) is 36.3 Å². The van der Waals surface area contributed by atoms with Crippen LogP contribution in [0.25, 0.3) is 0 Å². The molecule has 0 aliphatic carbocycles. The zero-order chi connectivity index (χ0) is 21.3. The highest BCUT2D eigenvalue weighted by molar-refractivity contribution is 5.94. The molecule has 0 atom stereocenters. The molecule has 160 valence electrons. The molecule has 1 fully saturated rings. The predicted octanol–water partition coefficient (Wildman–Crippen LogP) is 4.24. The lowest BCUT2D eigenvalue weighted by Crippen LogP contribution is -2.48. The van der Waals surface area contributed by atoms with Gasteiger partial charge in [-0.25, -0.2) is 4.39 Å². The Labute approximate surface area is 176 Å². The fraction of sp³-hybridized carbons (Fsp3) is 0.458. The number of hydrogen-bond donors (Lipinski definition) is 2. The van der Waals surface area contributed by atoms with Crippen LogP contribution in [0, 0.1) is 5.82 Å². The first-order valence-corrected chi connectivity index (χ1v) is 10.7. The van der Waals surface area contributed by atoms with E-state index in [2.05, 4.69) is 48.3 Å². The van der Waals surface area contributed by atoms with Crippen molar-refractivity contribution in [1.29, 1.82) is 0 Å². The van der Waals surface area contributed by atoms with E-state index in [1.165, 1.54) is 17.3 Å². The number of carbonyl (C=O) groups is 1. The van der Waals surface area contributed by atoms with E-state index in [-0.39, 0.29) is 18.2 Å². The molecule has 1 amide bonds. The van der Waals surface area contributed by atoms with Gasteiger partial charge in [0.2, 0.25) is 5.91 Å². The van der Waals surface area contributed by atoms with Crippen LogP contribution in [-0.2, 0) is 11.2 Å². The number of halogens is 1. The molecule has 0 saturated carbocycles. The molecule has 2 aliphatic heterocycles. The fourth-order valence-corrected chi connectivity index (χ4v) is 4.18. The van der Waals surface area contributed by atoms with Crippen molar-refractivity contribution >= 4 is 17.3 Å². The highest BCUT2D eigenvalue weighted by Gasteiger charge is 2.34. The zero-order valence-electron chi connectivity index (χ0n) is 17.6. The molecule has 2 aliphatic rings. The van der Waals surface area contributed by atoms with Gasteiger partial charge in [-0.3, -0.25) is 4.79 Å². The van der Waals surface area contributed by atoms with Crippen LogP contribution in [0.1, 0.15) is 50.2 Å². The van der Waals surface area contributed by atoms with Gasteiger partial charge in [-0.15, -0.1) is 0 Å². The van der Waals surface area contributed by atoms with E-state index in [9.17, 15) is 14.3 Å². The number of rotatable bonds is 5. The molecule has 2 heterocycles. The van der Waals surface area contributed by atoms with Gasteiger partial charge in [0, 0.05) is 30.8 Å². The van der Waals surface area contributed by atoms with Crippen molar-refractivity contribution in [2.75, 3.05) is 29.9 Å². The Bertz CT molecular complexity index is 936. The fourth-order valence-electron chi connectivity index (χ4n) is 4.18. The van der Waals surface area contributed by atoms with Crippen molar-refractivity contribution < 1.29 is 19.0 Å². The summed E-state index contributed by atoms with van der Waals surface area (Å²) in [6, 6.07) is 11.5. The lowest BCUT2D eigenvalue weighted by Gasteiger charge is -2.39. The van der Waals surface area contributed by atoms with Crippen LogP contribution >= 0.6 is 0 Å². The molecule has 0 radical (unpaired) electrons. The van der Waals surface area contributed by atoms with Gasteiger partial charge in [-0.05, 0) is 55.0 Å². The lowest BCUT2D eigenvalue weighted by molar-refractivity contribution is -0.116. The van der Waals surface area contributed by atoms with Crippen molar-refractivity contribution in [3.63, 3.8) is 0 Å². The number of piperidine rings is 1. The van der Waals surface area contributed by atoms with E-state index in [0.717, 1.165) is 13.1 Å². The molecule has 5 nitrogen and oxygen atoms in total. The van der Waals surface area contributed by atoms with Gasteiger partial charge < -0.3 is 20.1 Å².